The monoisotopic (exact) mass is 267 g/mol. The minimum Gasteiger partial charge on any atom is -0.399 e. The van der Waals surface area contributed by atoms with Gasteiger partial charge >= 0.3 is 0 Å². The first-order valence-electron chi connectivity index (χ1n) is 5.60. The van der Waals surface area contributed by atoms with Crippen LogP contribution in [-0.4, -0.2) is 23.4 Å². The molecule has 0 aliphatic carbocycles. The molecule has 0 bridgehead atoms. The molecule has 2 heterocycles. The van der Waals surface area contributed by atoms with Crippen LogP contribution < -0.4 is 5.73 Å². The molecule has 0 radical (unpaired) electrons. The Morgan fingerprint density at radius 3 is 2.94 bits per heavy atom. The van der Waals surface area contributed by atoms with Gasteiger partial charge in [0.2, 0.25) is 0 Å². The second-order valence-corrected chi connectivity index (χ2v) is 4.14. The first-order valence-corrected chi connectivity index (χ1v) is 5.60. The number of hydrogen-bond acceptors (Lipinski definition) is 5. The smallest absolute Gasteiger partial charge is 0.258 e. The molecule has 1 aliphatic rings. The molecule has 0 spiro atoms. The van der Waals surface area contributed by atoms with Gasteiger partial charge in [-0.25, -0.2) is 0 Å². The molecule has 1 unspecified atom stereocenters. The topological polar surface area (TPSA) is 74.2 Å². The Labute approximate surface area is 111 Å². The van der Waals surface area contributed by atoms with Gasteiger partial charge in [0.15, 0.2) is 5.82 Å². The average molecular weight is 268 g/mol. The van der Waals surface area contributed by atoms with Crippen LogP contribution in [0.4, 0.5) is 5.69 Å². The van der Waals surface area contributed by atoms with Crippen molar-refractivity contribution in [3.8, 4) is 11.5 Å². The van der Waals surface area contributed by atoms with E-state index >= 15 is 0 Å². The second kappa shape index (κ2) is 5.37. The predicted molar refractivity (Wildman–Crippen MR) is 69.6 cm³/mol. The van der Waals surface area contributed by atoms with E-state index in [1.54, 1.807) is 0 Å². The van der Waals surface area contributed by atoms with Crippen LogP contribution in [-0.2, 0) is 4.74 Å². The predicted octanol–water partition coefficient (Wildman–Crippen LogP) is 2.24. The number of hydrogen-bond donors (Lipinski definition) is 1. The molecule has 18 heavy (non-hydrogen) atoms. The summed E-state index contributed by atoms with van der Waals surface area (Å²) in [6, 6.07) is 7.42. The molecule has 1 aromatic heterocycles. The highest BCUT2D eigenvalue weighted by molar-refractivity contribution is 5.85. The summed E-state index contributed by atoms with van der Waals surface area (Å²) in [5.74, 6) is 1.49. The third kappa shape index (κ3) is 2.47. The summed E-state index contributed by atoms with van der Waals surface area (Å²) in [6.45, 7) is 1.45. The zero-order chi connectivity index (χ0) is 11.7. The van der Waals surface area contributed by atoms with E-state index in [1.165, 1.54) is 0 Å². The largest absolute Gasteiger partial charge is 0.399 e. The van der Waals surface area contributed by atoms with Crippen molar-refractivity contribution < 1.29 is 9.26 Å². The Morgan fingerprint density at radius 1 is 1.33 bits per heavy atom. The van der Waals surface area contributed by atoms with Gasteiger partial charge < -0.3 is 15.0 Å². The minimum atomic E-state index is 0. The van der Waals surface area contributed by atoms with Crippen molar-refractivity contribution in [1.29, 1.82) is 0 Å². The fourth-order valence-corrected chi connectivity index (χ4v) is 1.93. The fourth-order valence-electron chi connectivity index (χ4n) is 1.93. The molecule has 0 amide bonds. The molecule has 1 aliphatic heterocycles. The van der Waals surface area contributed by atoms with E-state index in [0.29, 0.717) is 18.2 Å². The number of benzene rings is 1. The van der Waals surface area contributed by atoms with E-state index in [-0.39, 0.29) is 18.3 Å². The van der Waals surface area contributed by atoms with Crippen molar-refractivity contribution in [2.45, 2.75) is 12.3 Å². The van der Waals surface area contributed by atoms with Gasteiger partial charge in [0.1, 0.15) is 0 Å². The molecule has 1 saturated heterocycles. The van der Waals surface area contributed by atoms with Gasteiger partial charge in [0.25, 0.3) is 5.89 Å². The summed E-state index contributed by atoms with van der Waals surface area (Å²) < 4.78 is 10.5. The molecular formula is C12H14ClN3O2. The third-order valence-electron chi connectivity index (χ3n) is 2.87. The van der Waals surface area contributed by atoms with Gasteiger partial charge in [-0.3, -0.25) is 0 Å². The van der Waals surface area contributed by atoms with Crippen LogP contribution >= 0.6 is 12.4 Å². The van der Waals surface area contributed by atoms with E-state index in [2.05, 4.69) is 10.1 Å². The lowest BCUT2D eigenvalue weighted by atomic mass is 10.1. The zero-order valence-corrected chi connectivity index (χ0v) is 10.5. The molecular weight excluding hydrogens is 254 g/mol. The van der Waals surface area contributed by atoms with E-state index in [1.807, 2.05) is 24.3 Å². The maximum atomic E-state index is 5.72. The van der Waals surface area contributed by atoms with Crippen molar-refractivity contribution in [3.63, 3.8) is 0 Å². The van der Waals surface area contributed by atoms with Crippen LogP contribution in [0.1, 0.15) is 18.2 Å². The average Bonchev–Trinajstić information content (AvgIpc) is 3.00. The standard InChI is InChI=1S/C12H13N3O2.ClH/c13-10-3-1-2-8(6-10)12-14-11(15-17-12)9-4-5-16-7-9;/h1-3,6,9H,4-5,7,13H2;1H. The molecule has 1 aromatic carbocycles. The maximum absolute atomic E-state index is 5.72. The Morgan fingerprint density at radius 2 is 2.22 bits per heavy atom. The summed E-state index contributed by atoms with van der Waals surface area (Å²) in [5.41, 5.74) is 7.25. The number of nitrogens with zero attached hydrogens (tertiary/aromatic N) is 2. The highest BCUT2D eigenvalue weighted by atomic mass is 35.5. The molecule has 2 aromatic rings. The van der Waals surface area contributed by atoms with Crippen LogP contribution in [0, 0.1) is 0 Å². The lowest BCUT2D eigenvalue weighted by Crippen LogP contribution is -1.99. The van der Waals surface area contributed by atoms with Crippen molar-refractivity contribution in [2.24, 2.45) is 0 Å². The van der Waals surface area contributed by atoms with Crippen LogP contribution in [0.25, 0.3) is 11.5 Å². The number of nitrogen functional groups attached to an aromatic ring is 1. The van der Waals surface area contributed by atoms with Crippen LogP contribution in [0.15, 0.2) is 28.8 Å². The lowest BCUT2D eigenvalue weighted by Gasteiger charge is -1.98. The highest BCUT2D eigenvalue weighted by Crippen LogP contribution is 2.26. The summed E-state index contributed by atoms with van der Waals surface area (Å²) >= 11 is 0. The Balaban J connectivity index is 0.00000120. The number of rotatable bonds is 2. The molecule has 2 N–H and O–H groups in total. The summed E-state index contributed by atoms with van der Waals surface area (Å²) in [5, 5.41) is 4.00. The zero-order valence-electron chi connectivity index (χ0n) is 9.70. The highest BCUT2D eigenvalue weighted by Gasteiger charge is 2.23. The molecule has 96 valence electrons. The Hall–Kier alpha value is -1.59. The van der Waals surface area contributed by atoms with Gasteiger partial charge in [0, 0.05) is 23.8 Å². The first kappa shape index (κ1) is 12.9. The quantitative estimate of drug-likeness (QED) is 0.845. The molecule has 1 atom stereocenters. The van der Waals surface area contributed by atoms with E-state index in [9.17, 15) is 0 Å². The van der Waals surface area contributed by atoms with Gasteiger partial charge in [-0.05, 0) is 24.6 Å². The first-order chi connectivity index (χ1) is 8.33. The molecule has 1 fully saturated rings. The summed E-state index contributed by atoms with van der Waals surface area (Å²) in [7, 11) is 0. The second-order valence-electron chi connectivity index (χ2n) is 4.14. The number of aromatic nitrogens is 2. The molecule has 6 heteroatoms. The molecule has 0 saturated carbocycles. The minimum absolute atomic E-state index is 0. The number of anilines is 1. The van der Waals surface area contributed by atoms with Crippen molar-refractivity contribution in [2.75, 3.05) is 18.9 Å². The lowest BCUT2D eigenvalue weighted by molar-refractivity contribution is 0.192. The molecule has 3 rings (SSSR count). The summed E-state index contributed by atoms with van der Waals surface area (Å²) in [4.78, 5) is 4.39. The fraction of sp³-hybridized carbons (Fsp3) is 0.333. The van der Waals surface area contributed by atoms with Crippen LogP contribution in [0.2, 0.25) is 0 Å². The van der Waals surface area contributed by atoms with E-state index < -0.39 is 0 Å². The Kier molecular flexibility index (Phi) is 3.84. The number of halogens is 1. The van der Waals surface area contributed by atoms with Gasteiger partial charge in [0.05, 0.1) is 6.61 Å². The van der Waals surface area contributed by atoms with Gasteiger partial charge in [-0.1, -0.05) is 11.2 Å². The van der Waals surface area contributed by atoms with Crippen LogP contribution in [0.3, 0.4) is 0 Å². The van der Waals surface area contributed by atoms with Crippen molar-refractivity contribution in [1.82, 2.24) is 10.1 Å². The maximum Gasteiger partial charge on any atom is 0.258 e. The third-order valence-corrected chi connectivity index (χ3v) is 2.87. The van der Waals surface area contributed by atoms with E-state index in [4.69, 9.17) is 15.0 Å². The molecule has 5 nitrogen and oxygen atoms in total. The van der Waals surface area contributed by atoms with Crippen molar-refractivity contribution >= 4 is 18.1 Å². The normalized spacial score (nSPS) is 18.6. The van der Waals surface area contributed by atoms with E-state index in [0.717, 1.165) is 24.4 Å². The SMILES string of the molecule is Cl.Nc1cccc(-c2nc(C3CCOC3)no2)c1. The van der Waals surface area contributed by atoms with Crippen molar-refractivity contribution in [3.05, 3.63) is 30.1 Å². The number of nitrogens with two attached hydrogens (primary N) is 1. The van der Waals surface area contributed by atoms with Gasteiger partial charge in [-0.15, -0.1) is 12.4 Å². The van der Waals surface area contributed by atoms with Crippen LogP contribution in [0.5, 0.6) is 0 Å². The summed E-state index contributed by atoms with van der Waals surface area (Å²) in [6.07, 6.45) is 0.954. The number of ether oxygens (including phenoxy) is 1. The van der Waals surface area contributed by atoms with Gasteiger partial charge in [-0.2, -0.15) is 4.98 Å². The Bertz CT molecular complexity index is 524.